The summed E-state index contributed by atoms with van der Waals surface area (Å²) in [6, 6.07) is 5.87. The van der Waals surface area contributed by atoms with E-state index < -0.39 is 0 Å². The van der Waals surface area contributed by atoms with Gasteiger partial charge >= 0.3 is 0 Å². The van der Waals surface area contributed by atoms with Crippen molar-refractivity contribution in [3.8, 4) is 11.6 Å². The van der Waals surface area contributed by atoms with Gasteiger partial charge in [0.1, 0.15) is 12.1 Å². The number of rotatable bonds is 3. The van der Waals surface area contributed by atoms with E-state index in [0.717, 1.165) is 27.0 Å². The number of hydrogen-bond donors (Lipinski definition) is 0. The molecule has 0 spiro atoms. The van der Waals surface area contributed by atoms with Crippen molar-refractivity contribution in [2.45, 2.75) is 33.6 Å². The molecule has 0 N–H and O–H groups in total. The Morgan fingerprint density at radius 2 is 1.68 bits per heavy atom. The van der Waals surface area contributed by atoms with Crippen LogP contribution in [0.3, 0.4) is 0 Å². The Morgan fingerprint density at radius 1 is 1.05 bits per heavy atom. The van der Waals surface area contributed by atoms with Crippen LogP contribution in [0.4, 0.5) is 0 Å². The lowest BCUT2D eigenvalue weighted by Gasteiger charge is -2.10. The highest BCUT2D eigenvalue weighted by Crippen LogP contribution is 2.29. The molecule has 1 aromatic carbocycles. The fourth-order valence-electron chi connectivity index (χ4n) is 1.81. The lowest BCUT2D eigenvalue weighted by Crippen LogP contribution is -1.96. The molecule has 0 saturated carbocycles. The fourth-order valence-corrected chi connectivity index (χ4v) is 2.04. The SMILES string of the molecule is Cc1cc(Oc2cc(C(C)C)ncn2)cc(C)c1Br. The maximum Gasteiger partial charge on any atom is 0.222 e. The van der Waals surface area contributed by atoms with Crippen LogP contribution in [0.2, 0.25) is 0 Å². The number of benzene rings is 1. The Labute approximate surface area is 122 Å². The third-order valence-electron chi connectivity index (χ3n) is 2.89. The Kier molecular flexibility index (Phi) is 4.20. The first-order valence-corrected chi connectivity index (χ1v) is 7.03. The van der Waals surface area contributed by atoms with Gasteiger partial charge in [0.15, 0.2) is 0 Å². The lowest BCUT2D eigenvalue weighted by atomic mass is 10.1. The molecule has 0 bridgehead atoms. The first-order chi connectivity index (χ1) is 8.97. The summed E-state index contributed by atoms with van der Waals surface area (Å²) >= 11 is 3.55. The fraction of sp³-hybridized carbons (Fsp3) is 0.333. The minimum Gasteiger partial charge on any atom is -0.439 e. The largest absolute Gasteiger partial charge is 0.439 e. The van der Waals surface area contributed by atoms with Gasteiger partial charge < -0.3 is 4.74 Å². The standard InChI is InChI=1S/C15H17BrN2O/c1-9(2)13-7-14(18-8-17-13)19-12-5-10(3)15(16)11(4)6-12/h5-9H,1-4H3. The second kappa shape index (κ2) is 5.70. The number of hydrogen-bond acceptors (Lipinski definition) is 3. The van der Waals surface area contributed by atoms with E-state index in [0.29, 0.717) is 11.8 Å². The van der Waals surface area contributed by atoms with Gasteiger partial charge in [0.25, 0.3) is 0 Å². The van der Waals surface area contributed by atoms with E-state index in [1.165, 1.54) is 0 Å². The third-order valence-corrected chi connectivity index (χ3v) is 4.14. The number of halogens is 1. The first-order valence-electron chi connectivity index (χ1n) is 6.24. The van der Waals surface area contributed by atoms with Crippen molar-refractivity contribution < 1.29 is 4.74 Å². The summed E-state index contributed by atoms with van der Waals surface area (Å²) in [5.74, 6) is 1.74. The molecule has 4 heteroatoms. The van der Waals surface area contributed by atoms with E-state index in [4.69, 9.17) is 4.74 Å². The third kappa shape index (κ3) is 3.32. The minimum absolute atomic E-state index is 0.360. The first kappa shape index (κ1) is 14.0. The zero-order chi connectivity index (χ0) is 14.0. The van der Waals surface area contributed by atoms with E-state index in [1.807, 2.05) is 32.0 Å². The molecule has 2 rings (SSSR count). The molecule has 3 nitrogen and oxygen atoms in total. The van der Waals surface area contributed by atoms with Crippen LogP contribution in [-0.2, 0) is 0 Å². The summed E-state index contributed by atoms with van der Waals surface area (Å²) in [5, 5.41) is 0. The molecule has 0 unspecified atom stereocenters. The molecule has 100 valence electrons. The van der Waals surface area contributed by atoms with Crippen molar-refractivity contribution in [2.75, 3.05) is 0 Å². The summed E-state index contributed by atoms with van der Waals surface area (Å²) in [7, 11) is 0. The monoisotopic (exact) mass is 320 g/mol. The van der Waals surface area contributed by atoms with E-state index >= 15 is 0 Å². The molecule has 0 amide bonds. The number of nitrogens with zero attached hydrogens (tertiary/aromatic N) is 2. The average molecular weight is 321 g/mol. The van der Waals surface area contributed by atoms with Crippen molar-refractivity contribution >= 4 is 15.9 Å². The smallest absolute Gasteiger partial charge is 0.222 e. The van der Waals surface area contributed by atoms with Crippen molar-refractivity contribution in [1.82, 2.24) is 9.97 Å². The molecule has 0 atom stereocenters. The maximum atomic E-state index is 5.81. The number of aromatic nitrogens is 2. The van der Waals surface area contributed by atoms with Gasteiger partial charge in [-0.1, -0.05) is 29.8 Å². The summed E-state index contributed by atoms with van der Waals surface area (Å²) in [4.78, 5) is 8.38. The summed E-state index contributed by atoms with van der Waals surface area (Å²) in [6.07, 6.45) is 1.54. The van der Waals surface area contributed by atoms with E-state index in [9.17, 15) is 0 Å². The molecule has 0 radical (unpaired) electrons. The topological polar surface area (TPSA) is 35.0 Å². The van der Waals surface area contributed by atoms with Crippen LogP contribution in [0.5, 0.6) is 11.6 Å². The predicted molar refractivity (Wildman–Crippen MR) is 79.8 cm³/mol. The Bertz CT molecular complexity index is 573. The molecule has 1 heterocycles. The molecule has 0 aliphatic rings. The molecular formula is C15H17BrN2O. The van der Waals surface area contributed by atoms with Crippen LogP contribution in [0.25, 0.3) is 0 Å². The average Bonchev–Trinajstić information content (AvgIpc) is 2.36. The van der Waals surface area contributed by atoms with Gasteiger partial charge in [0, 0.05) is 10.5 Å². The molecule has 19 heavy (non-hydrogen) atoms. The zero-order valence-electron chi connectivity index (χ0n) is 11.6. The van der Waals surface area contributed by atoms with Crippen LogP contribution in [0.1, 0.15) is 36.6 Å². The number of aryl methyl sites for hydroxylation is 2. The highest BCUT2D eigenvalue weighted by molar-refractivity contribution is 9.10. The highest BCUT2D eigenvalue weighted by Gasteiger charge is 2.07. The Balaban J connectivity index is 2.28. The van der Waals surface area contributed by atoms with E-state index in [1.54, 1.807) is 6.33 Å². The van der Waals surface area contributed by atoms with Gasteiger partial charge in [0.05, 0.1) is 5.69 Å². The minimum atomic E-state index is 0.360. The molecule has 2 aromatic rings. The molecule has 0 fully saturated rings. The molecule has 1 aromatic heterocycles. The molecule has 0 aliphatic heterocycles. The summed E-state index contributed by atoms with van der Waals surface area (Å²) in [5.41, 5.74) is 3.27. The highest BCUT2D eigenvalue weighted by atomic mass is 79.9. The maximum absolute atomic E-state index is 5.81. The van der Waals surface area contributed by atoms with Crippen molar-refractivity contribution in [3.05, 3.63) is 45.8 Å². The van der Waals surface area contributed by atoms with Crippen LogP contribution in [0.15, 0.2) is 29.0 Å². The predicted octanol–water partition coefficient (Wildman–Crippen LogP) is 4.77. The second-order valence-corrected chi connectivity index (χ2v) is 5.70. The normalized spacial score (nSPS) is 10.8. The summed E-state index contributed by atoms with van der Waals surface area (Å²) in [6.45, 7) is 8.28. The van der Waals surface area contributed by atoms with E-state index in [2.05, 4.69) is 39.7 Å². The molecule has 0 aliphatic carbocycles. The second-order valence-electron chi connectivity index (χ2n) is 4.91. The number of ether oxygens (including phenoxy) is 1. The molecular weight excluding hydrogens is 304 g/mol. The van der Waals surface area contributed by atoms with Crippen molar-refractivity contribution in [2.24, 2.45) is 0 Å². The lowest BCUT2D eigenvalue weighted by molar-refractivity contribution is 0.458. The van der Waals surface area contributed by atoms with Gasteiger partial charge in [-0.05, 0) is 43.0 Å². The van der Waals surface area contributed by atoms with Crippen molar-refractivity contribution in [1.29, 1.82) is 0 Å². The van der Waals surface area contributed by atoms with Crippen LogP contribution in [-0.4, -0.2) is 9.97 Å². The quantitative estimate of drug-likeness (QED) is 0.816. The van der Waals surface area contributed by atoms with E-state index in [-0.39, 0.29) is 0 Å². The van der Waals surface area contributed by atoms with Gasteiger partial charge in [-0.25, -0.2) is 9.97 Å². The van der Waals surface area contributed by atoms with Crippen LogP contribution in [0, 0.1) is 13.8 Å². The van der Waals surface area contributed by atoms with Gasteiger partial charge in [-0.15, -0.1) is 0 Å². The Morgan fingerprint density at radius 3 is 2.26 bits per heavy atom. The Hall–Kier alpha value is -1.42. The van der Waals surface area contributed by atoms with Gasteiger partial charge in [-0.3, -0.25) is 0 Å². The van der Waals surface area contributed by atoms with Crippen molar-refractivity contribution in [3.63, 3.8) is 0 Å². The van der Waals surface area contributed by atoms with Crippen LogP contribution >= 0.6 is 15.9 Å². The molecule has 0 saturated heterocycles. The zero-order valence-corrected chi connectivity index (χ0v) is 13.2. The van der Waals surface area contributed by atoms with Gasteiger partial charge in [0.2, 0.25) is 5.88 Å². The van der Waals surface area contributed by atoms with Crippen LogP contribution < -0.4 is 4.74 Å². The summed E-state index contributed by atoms with van der Waals surface area (Å²) < 4.78 is 6.93. The van der Waals surface area contributed by atoms with Gasteiger partial charge in [-0.2, -0.15) is 0 Å².